The highest BCUT2D eigenvalue weighted by atomic mass is 32.2. The molecule has 0 spiro atoms. The zero-order valence-corrected chi connectivity index (χ0v) is 14.7. The van der Waals surface area contributed by atoms with Gasteiger partial charge in [-0.25, -0.2) is 16.8 Å². The van der Waals surface area contributed by atoms with Crippen molar-refractivity contribution in [3.63, 3.8) is 0 Å². The van der Waals surface area contributed by atoms with Crippen LogP contribution in [0.4, 0.5) is 0 Å². The number of aliphatic hydroxyl groups excluding tert-OH is 1. The lowest BCUT2D eigenvalue weighted by Gasteiger charge is -2.27. The third-order valence-electron chi connectivity index (χ3n) is 3.84. The number of ether oxygens (including phenoxy) is 1. The second kappa shape index (κ2) is 6.76. The first kappa shape index (κ1) is 18.2. The largest absolute Gasteiger partial charge is 0.495 e. The molecule has 0 saturated carbocycles. The highest BCUT2D eigenvalue weighted by Crippen LogP contribution is 2.31. The van der Waals surface area contributed by atoms with E-state index in [2.05, 4.69) is 0 Å². The van der Waals surface area contributed by atoms with Gasteiger partial charge in [0.05, 0.1) is 25.2 Å². The molecule has 130 valence electrons. The standard InChI is InChI=1S/C14H21NO6S2/c1-11-3-4-13(21-2)14(9-11)23(19,20)15(6-7-16)12-5-8-22(17,18)10-12/h3-4,9,12,16H,5-8,10H2,1-2H3/t12-/m0/s1. The minimum atomic E-state index is -3.98. The van der Waals surface area contributed by atoms with Crippen LogP contribution in [0, 0.1) is 6.92 Å². The number of sulfonamides is 1. The topological polar surface area (TPSA) is 101 Å². The number of hydrogen-bond donors (Lipinski definition) is 1. The highest BCUT2D eigenvalue weighted by Gasteiger charge is 2.39. The SMILES string of the molecule is COc1ccc(C)cc1S(=O)(=O)N(CCO)[C@H]1CCS(=O)(=O)C1. The summed E-state index contributed by atoms with van der Waals surface area (Å²) in [6.07, 6.45) is 0.232. The van der Waals surface area contributed by atoms with Crippen molar-refractivity contribution in [1.82, 2.24) is 4.31 Å². The van der Waals surface area contributed by atoms with Crippen LogP contribution in [0.2, 0.25) is 0 Å². The molecule has 1 atom stereocenters. The Hall–Kier alpha value is -1.16. The van der Waals surface area contributed by atoms with Gasteiger partial charge in [0.2, 0.25) is 10.0 Å². The number of benzene rings is 1. The lowest BCUT2D eigenvalue weighted by molar-refractivity contribution is 0.232. The first-order valence-electron chi connectivity index (χ1n) is 7.19. The van der Waals surface area contributed by atoms with Crippen LogP contribution in [-0.2, 0) is 19.9 Å². The molecule has 9 heteroatoms. The molecule has 0 bridgehead atoms. The van der Waals surface area contributed by atoms with Crippen LogP contribution in [0.1, 0.15) is 12.0 Å². The maximum atomic E-state index is 13.0. The second-order valence-corrected chi connectivity index (χ2v) is 9.64. The monoisotopic (exact) mass is 363 g/mol. The van der Waals surface area contributed by atoms with Crippen LogP contribution in [0.25, 0.3) is 0 Å². The Labute approximate surface area is 136 Å². The molecule has 0 aliphatic carbocycles. The molecule has 7 nitrogen and oxygen atoms in total. The number of aryl methyl sites for hydroxylation is 1. The maximum Gasteiger partial charge on any atom is 0.247 e. The molecular formula is C14H21NO6S2. The number of sulfone groups is 1. The molecule has 2 rings (SSSR count). The van der Waals surface area contributed by atoms with Crippen LogP contribution in [0.5, 0.6) is 5.75 Å². The number of rotatable bonds is 6. The Balaban J connectivity index is 2.48. The molecule has 0 unspecified atom stereocenters. The van der Waals surface area contributed by atoms with Crippen LogP contribution in [0.15, 0.2) is 23.1 Å². The van der Waals surface area contributed by atoms with Crippen LogP contribution in [-0.4, -0.2) is 64.1 Å². The summed E-state index contributed by atoms with van der Waals surface area (Å²) in [7, 11) is -5.85. The van der Waals surface area contributed by atoms with Gasteiger partial charge in [0.1, 0.15) is 10.6 Å². The van der Waals surface area contributed by atoms with Gasteiger partial charge in [-0.05, 0) is 31.0 Å². The van der Waals surface area contributed by atoms with Gasteiger partial charge in [-0.15, -0.1) is 0 Å². The van der Waals surface area contributed by atoms with Crippen molar-refractivity contribution < 1.29 is 26.7 Å². The summed E-state index contributed by atoms with van der Waals surface area (Å²) in [4.78, 5) is -0.0160. The van der Waals surface area contributed by atoms with Gasteiger partial charge >= 0.3 is 0 Å². The summed E-state index contributed by atoms with van der Waals surface area (Å²) in [6, 6.07) is 4.11. The first-order valence-corrected chi connectivity index (χ1v) is 10.4. The Morgan fingerprint density at radius 2 is 2.09 bits per heavy atom. The smallest absolute Gasteiger partial charge is 0.247 e. The first-order chi connectivity index (χ1) is 10.7. The summed E-state index contributed by atoms with van der Waals surface area (Å²) in [5.41, 5.74) is 0.743. The van der Waals surface area contributed by atoms with Gasteiger partial charge in [0.25, 0.3) is 0 Å². The van der Waals surface area contributed by atoms with Crippen molar-refractivity contribution in [3.05, 3.63) is 23.8 Å². The summed E-state index contributed by atoms with van der Waals surface area (Å²) >= 11 is 0. The second-order valence-electron chi connectivity index (χ2n) is 5.55. The van der Waals surface area contributed by atoms with E-state index in [4.69, 9.17) is 4.74 Å². The Bertz CT molecular complexity index is 772. The fourth-order valence-corrected chi connectivity index (χ4v) is 6.42. The van der Waals surface area contributed by atoms with Crippen molar-refractivity contribution in [2.75, 3.05) is 31.8 Å². The molecule has 1 aromatic carbocycles. The van der Waals surface area contributed by atoms with E-state index in [0.29, 0.717) is 0 Å². The van der Waals surface area contributed by atoms with E-state index in [9.17, 15) is 21.9 Å². The minimum Gasteiger partial charge on any atom is -0.495 e. The van der Waals surface area contributed by atoms with E-state index in [-0.39, 0.29) is 41.7 Å². The minimum absolute atomic E-state index is 0.0160. The van der Waals surface area contributed by atoms with Crippen molar-refractivity contribution in [2.24, 2.45) is 0 Å². The van der Waals surface area contributed by atoms with Gasteiger partial charge in [0.15, 0.2) is 9.84 Å². The molecule has 23 heavy (non-hydrogen) atoms. The number of hydrogen-bond acceptors (Lipinski definition) is 6. The molecule has 1 aliphatic rings. The summed E-state index contributed by atoms with van der Waals surface area (Å²) in [5, 5.41) is 9.23. The zero-order chi connectivity index (χ0) is 17.3. The molecule has 1 fully saturated rings. The Morgan fingerprint density at radius 1 is 1.39 bits per heavy atom. The van der Waals surface area contributed by atoms with Gasteiger partial charge in [-0.2, -0.15) is 4.31 Å². The lowest BCUT2D eigenvalue weighted by Crippen LogP contribution is -2.42. The molecule has 0 radical (unpaired) electrons. The number of methoxy groups -OCH3 is 1. The molecule has 1 aromatic rings. The average molecular weight is 363 g/mol. The van der Waals surface area contributed by atoms with Gasteiger partial charge in [-0.1, -0.05) is 6.07 Å². The van der Waals surface area contributed by atoms with E-state index >= 15 is 0 Å². The van der Waals surface area contributed by atoms with E-state index in [1.165, 1.54) is 13.2 Å². The normalized spacial score (nSPS) is 20.8. The fraction of sp³-hybridized carbons (Fsp3) is 0.571. The van der Waals surface area contributed by atoms with Gasteiger partial charge in [-0.3, -0.25) is 0 Å². The van der Waals surface area contributed by atoms with Crippen molar-refractivity contribution in [3.8, 4) is 5.75 Å². The summed E-state index contributed by atoms with van der Waals surface area (Å²) in [5.74, 6) is -0.0696. The fourth-order valence-electron chi connectivity index (χ4n) is 2.71. The van der Waals surface area contributed by atoms with Crippen molar-refractivity contribution in [1.29, 1.82) is 0 Å². The molecular weight excluding hydrogens is 342 g/mol. The predicted octanol–water partition coefficient (Wildman–Crippen LogP) is 0.174. The van der Waals surface area contributed by atoms with Gasteiger partial charge in [0, 0.05) is 12.6 Å². The summed E-state index contributed by atoms with van der Waals surface area (Å²) in [6.45, 7) is 1.22. The van der Waals surface area contributed by atoms with Crippen LogP contribution in [0.3, 0.4) is 0 Å². The summed E-state index contributed by atoms with van der Waals surface area (Å²) < 4.78 is 55.6. The molecule has 1 heterocycles. The van der Waals surface area contributed by atoms with E-state index in [1.54, 1.807) is 19.1 Å². The zero-order valence-electron chi connectivity index (χ0n) is 13.1. The van der Waals surface area contributed by atoms with E-state index in [0.717, 1.165) is 9.87 Å². The molecule has 0 aromatic heterocycles. The maximum absolute atomic E-state index is 13.0. The Morgan fingerprint density at radius 3 is 2.61 bits per heavy atom. The van der Waals surface area contributed by atoms with E-state index in [1.807, 2.05) is 0 Å². The Kier molecular flexibility index (Phi) is 5.34. The molecule has 0 amide bonds. The van der Waals surface area contributed by atoms with Gasteiger partial charge < -0.3 is 9.84 Å². The lowest BCUT2D eigenvalue weighted by atomic mass is 10.2. The number of nitrogens with zero attached hydrogens (tertiary/aromatic N) is 1. The molecule has 1 N–H and O–H groups in total. The highest BCUT2D eigenvalue weighted by molar-refractivity contribution is 7.92. The van der Waals surface area contributed by atoms with E-state index < -0.39 is 25.9 Å². The van der Waals surface area contributed by atoms with Crippen LogP contribution < -0.4 is 4.74 Å². The third-order valence-corrected chi connectivity index (χ3v) is 7.57. The average Bonchev–Trinajstić information content (AvgIpc) is 2.84. The van der Waals surface area contributed by atoms with Crippen molar-refractivity contribution in [2.45, 2.75) is 24.3 Å². The van der Waals surface area contributed by atoms with Crippen LogP contribution >= 0.6 is 0 Å². The predicted molar refractivity (Wildman–Crippen MR) is 85.8 cm³/mol. The molecule has 1 aliphatic heterocycles. The third kappa shape index (κ3) is 3.85. The number of aliphatic hydroxyl groups is 1. The van der Waals surface area contributed by atoms with Crippen molar-refractivity contribution >= 4 is 19.9 Å². The quantitative estimate of drug-likeness (QED) is 0.773. The molecule has 1 saturated heterocycles.